The molecular formula is C14H12Cl2N4O. The summed E-state index contributed by atoms with van der Waals surface area (Å²) in [4.78, 5) is 4.24. The molecule has 0 spiro atoms. The lowest BCUT2D eigenvalue weighted by atomic mass is 10.2. The van der Waals surface area contributed by atoms with Gasteiger partial charge in [0.15, 0.2) is 5.76 Å². The maximum absolute atomic E-state index is 5.97. The molecule has 21 heavy (non-hydrogen) atoms. The van der Waals surface area contributed by atoms with Gasteiger partial charge in [-0.15, -0.1) is 16.7 Å². The SMILES string of the molecule is CC(Cl)c1cn(Cc2ncc(-c3cccc(Cl)c3)o2)nn1. The van der Waals surface area contributed by atoms with Crippen LogP contribution in [0.1, 0.15) is 23.9 Å². The molecule has 1 aromatic carbocycles. The van der Waals surface area contributed by atoms with Crippen molar-refractivity contribution in [1.82, 2.24) is 20.0 Å². The van der Waals surface area contributed by atoms with Crippen LogP contribution in [0.25, 0.3) is 11.3 Å². The fraction of sp³-hybridized carbons (Fsp3) is 0.214. The second-order valence-corrected chi connectivity index (χ2v) is 5.68. The van der Waals surface area contributed by atoms with Crippen LogP contribution in [0.2, 0.25) is 5.02 Å². The summed E-state index contributed by atoms with van der Waals surface area (Å²) >= 11 is 11.9. The molecule has 0 saturated heterocycles. The van der Waals surface area contributed by atoms with E-state index in [9.17, 15) is 0 Å². The summed E-state index contributed by atoms with van der Waals surface area (Å²) in [6.07, 6.45) is 3.45. The molecule has 0 N–H and O–H groups in total. The number of oxazole rings is 1. The Bertz CT molecular complexity index is 751. The number of rotatable bonds is 4. The van der Waals surface area contributed by atoms with E-state index >= 15 is 0 Å². The summed E-state index contributed by atoms with van der Waals surface area (Å²) in [5, 5.41) is 8.45. The van der Waals surface area contributed by atoms with Gasteiger partial charge in [-0.05, 0) is 19.1 Å². The molecule has 1 unspecified atom stereocenters. The molecule has 3 aromatic rings. The highest BCUT2D eigenvalue weighted by Gasteiger charge is 2.10. The standard InChI is InChI=1S/C14H12Cl2N4O/c1-9(15)12-7-20(19-18-12)8-14-17-6-13(21-14)10-3-2-4-11(16)5-10/h2-7,9H,8H2,1H3. The first-order valence-electron chi connectivity index (χ1n) is 6.36. The van der Waals surface area contributed by atoms with E-state index in [1.165, 1.54) is 0 Å². The number of aromatic nitrogens is 4. The summed E-state index contributed by atoms with van der Waals surface area (Å²) in [6.45, 7) is 2.25. The molecule has 0 bridgehead atoms. The van der Waals surface area contributed by atoms with Crippen LogP contribution < -0.4 is 0 Å². The van der Waals surface area contributed by atoms with Crippen molar-refractivity contribution in [3.63, 3.8) is 0 Å². The number of benzene rings is 1. The monoisotopic (exact) mass is 322 g/mol. The van der Waals surface area contributed by atoms with Crippen molar-refractivity contribution in [3.8, 4) is 11.3 Å². The fourth-order valence-corrected chi connectivity index (χ4v) is 2.16. The Morgan fingerprint density at radius 2 is 2.24 bits per heavy atom. The lowest BCUT2D eigenvalue weighted by molar-refractivity contribution is 0.469. The fourth-order valence-electron chi connectivity index (χ4n) is 1.87. The molecule has 108 valence electrons. The largest absolute Gasteiger partial charge is 0.439 e. The van der Waals surface area contributed by atoms with E-state index in [4.69, 9.17) is 27.6 Å². The quantitative estimate of drug-likeness (QED) is 0.683. The van der Waals surface area contributed by atoms with E-state index in [0.29, 0.717) is 23.2 Å². The minimum Gasteiger partial charge on any atom is -0.439 e. The van der Waals surface area contributed by atoms with Gasteiger partial charge in [-0.2, -0.15) is 0 Å². The van der Waals surface area contributed by atoms with Crippen molar-refractivity contribution in [2.24, 2.45) is 0 Å². The number of hydrogen-bond acceptors (Lipinski definition) is 4. The first-order chi connectivity index (χ1) is 10.1. The van der Waals surface area contributed by atoms with Crippen LogP contribution >= 0.6 is 23.2 Å². The van der Waals surface area contributed by atoms with E-state index in [1.807, 2.05) is 31.2 Å². The van der Waals surface area contributed by atoms with Gasteiger partial charge in [0.1, 0.15) is 12.2 Å². The first-order valence-corrected chi connectivity index (χ1v) is 7.18. The third-order valence-electron chi connectivity index (χ3n) is 2.92. The zero-order chi connectivity index (χ0) is 14.8. The van der Waals surface area contributed by atoms with Crippen LogP contribution in [-0.4, -0.2) is 20.0 Å². The van der Waals surface area contributed by atoms with Crippen molar-refractivity contribution < 1.29 is 4.42 Å². The summed E-state index contributed by atoms with van der Waals surface area (Å²) in [7, 11) is 0. The second-order valence-electron chi connectivity index (χ2n) is 4.59. The maximum Gasteiger partial charge on any atom is 0.216 e. The van der Waals surface area contributed by atoms with Crippen LogP contribution in [0, 0.1) is 0 Å². The van der Waals surface area contributed by atoms with Crippen LogP contribution in [0.15, 0.2) is 41.1 Å². The van der Waals surface area contributed by atoms with Crippen molar-refractivity contribution in [3.05, 3.63) is 53.3 Å². The third kappa shape index (κ3) is 3.25. The number of hydrogen-bond donors (Lipinski definition) is 0. The molecule has 0 aliphatic rings. The van der Waals surface area contributed by atoms with Crippen molar-refractivity contribution in [1.29, 1.82) is 0 Å². The Kier molecular flexibility index (Phi) is 3.94. The average Bonchev–Trinajstić information content (AvgIpc) is 3.08. The van der Waals surface area contributed by atoms with Crippen LogP contribution in [0.4, 0.5) is 0 Å². The van der Waals surface area contributed by atoms with E-state index in [1.54, 1.807) is 17.1 Å². The van der Waals surface area contributed by atoms with E-state index in [2.05, 4.69) is 15.3 Å². The summed E-state index contributed by atoms with van der Waals surface area (Å²) in [5.41, 5.74) is 1.60. The molecule has 0 radical (unpaired) electrons. The van der Waals surface area contributed by atoms with Gasteiger partial charge >= 0.3 is 0 Å². The molecule has 0 fully saturated rings. The Morgan fingerprint density at radius 1 is 1.38 bits per heavy atom. The van der Waals surface area contributed by atoms with Crippen LogP contribution in [0.3, 0.4) is 0 Å². The molecule has 2 heterocycles. The van der Waals surface area contributed by atoms with E-state index in [-0.39, 0.29) is 5.38 Å². The molecule has 7 heteroatoms. The van der Waals surface area contributed by atoms with Gasteiger partial charge in [-0.3, -0.25) is 0 Å². The predicted molar refractivity (Wildman–Crippen MR) is 80.3 cm³/mol. The minimum atomic E-state index is -0.176. The molecule has 5 nitrogen and oxygen atoms in total. The molecule has 0 aliphatic heterocycles. The van der Waals surface area contributed by atoms with Gasteiger partial charge < -0.3 is 4.42 Å². The Labute approximate surface area is 131 Å². The Hall–Kier alpha value is -1.85. The molecule has 1 atom stereocenters. The van der Waals surface area contributed by atoms with Gasteiger partial charge in [0, 0.05) is 10.6 Å². The molecule has 2 aromatic heterocycles. The van der Waals surface area contributed by atoms with Gasteiger partial charge in [-0.25, -0.2) is 9.67 Å². The third-order valence-corrected chi connectivity index (χ3v) is 3.38. The summed E-state index contributed by atoms with van der Waals surface area (Å²) < 4.78 is 7.35. The Balaban J connectivity index is 1.78. The molecule has 0 saturated carbocycles. The molecular weight excluding hydrogens is 311 g/mol. The van der Waals surface area contributed by atoms with Gasteiger partial charge in [0.05, 0.1) is 17.8 Å². The molecule has 0 amide bonds. The number of nitrogens with zero attached hydrogens (tertiary/aromatic N) is 4. The predicted octanol–water partition coefficient (Wildman–Crippen LogP) is 3.93. The van der Waals surface area contributed by atoms with E-state index < -0.39 is 0 Å². The van der Waals surface area contributed by atoms with Crippen LogP contribution in [0.5, 0.6) is 0 Å². The zero-order valence-corrected chi connectivity index (χ0v) is 12.7. The smallest absolute Gasteiger partial charge is 0.216 e. The van der Waals surface area contributed by atoms with Gasteiger partial charge in [0.25, 0.3) is 0 Å². The Morgan fingerprint density at radius 3 is 2.95 bits per heavy atom. The van der Waals surface area contributed by atoms with Crippen molar-refractivity contribution in [2.45, 2.75) is 18.8 Å². The lowest BCUT2D eigenvalue weighted by Gasteiger charge is -1.97. The maximum atomic E-state index is 5.97. The van der Waals surface area contributed by atoms with E-state index in [0.717, 1.165) is 11.3 Å². The highest BCUT2D eigenvalue weighted by atomic mass is 35.5. The van der Waals surface area contributed by atoms with Gasteiger partial charge in [-0.1, -0.05) is 28.9 Å². The molecule has 3 rings (SSSR count). The second kappa shape index (κ2) is 5.87. The highest BCUT2D eigenvalue weighted by Crippen LogP contribution is 2.23. The van der Waals surface area contributed by atoms with Gasteiger partial charge in [0.2, 0.25) is 5.89 Å². The summed E-state index contributed by atoms with van der Waals surface area (Å²) in [5.74, 6) is 1.21. The minimum absolute atomic E-state index is 0.176. The average molecular weight is 323 g/mol. The zero-order valence-electron chi connectivity index (χ0n) is 11.2. The topological polar surface area (TPSA) is 56.7 Å². The normalized spacial score (nSPS) is 12.5. The number of alkyl halides is 1. The van der Waals surface area contributed by atoms with Crippen molar-refractivity contribution >= 4 is 23.2 Å². The lowest BCUT2D eigenvalue weighted by Crippen LogP contribution is -2.00. The summed E-state index contributed by atoms with van der Waals surface area (Å²) in [6, 6.07) is 7.42. The highest BCUT2D eigenvalue weighted by molar-refractivity contribution is 6.30. The molecule has 0 aliphatic carbocycles. The van der Waals surface area contributed by atoms with Crippen molar-refractivity contribution in [2.75, 3.05) is 0 Å². The first kappa shape index (κ1) is 14.1. The number of halogens is 2. The van der Waals surface area contributed by atoms with Crippen LogP contribution in [-0.2, 0) is 6.54 Å².